The summed E-state index contributed by atoms with van der Waals surface area (Å²) >= 11 is 7.09. The van der Waals surface area contributed by atoms with Crippen molar-refractivity contribution in [1.29, 1.82) is 0 Å². The maximum Gasteiger partial charge on any atom is 0.173 e. The molecule has 0 radical (unpaired) electrons. The van der Waals surface area contributed by atoms with Crippen LogP contribution in [-0.4, -0.2) is 87.8 Å². The monoisotopic (exact) mass is 846 g/mol. The van der Waals surface area contributed by atoms with Crippen LogP contribution < -0.4 is 20.4 Å². The fourth-order valence-corrected chi connectivity index (χ4v) is 7.72. The second-order valence-electron chi connectivity index (χ2n) is 13.3. The smallest absolute Gasteiger partial charge is 0.173 e. The van der Waals surface area contributed by atoms with Crippen molar-refractivity contribution in [2.24, 2.45) is 0 Å². The molecule has 2 fully saturated rings. The minimum absolute atomic E-state index is 0.117. The Kier molecular flexibility index (Phi) is 12.3. The first kappa shape index (κ1) is 37.0. The lowest BCUT2D eigenvalue weighted by atomic mass is 9.99. The van der Waals surface area contributed by atoms with E-state index in [0.29, 0.717) is 19.1 Å². The number of anilines is 4. The van der Waals surface area contributed by atoms with E-state index in [0.717, 1.165) is 106 Å². The summed E-state index contributed by atoms with van der Waals surface area (Å²) < 4.78 is 5.32. The zero-order chi connectivity index (χ0) is 36.6. The summed E-state index contributed by atoms with van der Waals surface area (Å²) in [5.74, 6) is 3.54. The number of fused-ring (bicyclic) bond motifs is 2. The number of piperidine rings is 2. The van der Waals surface area contributed by atoms with Crippen molar-refractivity contribution in [3.8, 4) is 0 Å². The highest BCUT2D eigenvalue weighted by molar-refractivity contribution is 9.11. The van der Waals surface area contributed by atoms with Crippen LogP contribution in [0.5, 0.6) is 0 Å². The minimum atomic E-state index is 0.117. The molecule has 2 aliphatic heterocycles. The summed E-state index contributed by atoms with van der Waals surface area (Å²) in [6, 6.07) is 12.4. The molecule has 278 valence electrons. The molecule has 53 heavy (non-hydrogen) atoms. The van der Waals surface area contributed by atoms with Crippen molar-refractivity contribution < 1.29 is 10.2 Å². The second-order valence-corrected chi connectivity index (χ2v) is 15.0. The van der Waals surface area contributed by atoms with Gasteiger partial charge >= 0.3 is 0 Å². The van der Waals surface area contributed by atoms with Gasteiger partial charge < -0.3 is 30.6 Å². The molecule has 16 heteroatoms. The van der Waals surface area contributed by atoms with Gasteiger partial charge in [0.25, 0.3) is 0 Å². The van der Waals surface area contributed by atoms with Crippen LogP contribution in [0.2, 0.25) is 0 Å². The fraction of sp³-hybridized carbons (Fsp3) is 0.405. The van der Waals surface area contributed by atoms with Crippen molar-refractivity contribution >= 4 is 66.4 Å². The number of aromatic nitrogens is 8. The number of rotatable bonds is 11. The molecule has 2 unspecified atom stereocenters. The van der Waals surface area contributed by atoms with Gasteiger partial charge in [-0.05, 0) is 100 Å². The summed E-state index contributed by atoms with van der Waals surface area (Å²) in [5.41, 5.74) is 3.75. The van der Waals surface area contributed by atoms with E-state index in [1.807, 2.05) is 47.2 Å². The first-order valence-electron chi connectivity index (χ1n) is 18.1. The van der Waals surface area contributed by atoms with Gasteiger partial charge in [-0.15, -0.1) is 0 Å². The van der Waals surface area contributed by atoms with Gasteiger partial charge in [0.1, 0.15) is 23.3 Å². The summed E-state index contributed by atoms with van der Waals surface area (Å²) in [4.78, 5) is 22.5. The molecule has 0 aromatic carbocycles. The Morgan fingerprint density at radius 1 is 0.679 bits per heavy atom. The van der Waals surface area contributed by atoms with Gasteiger partial charge in [-0.3, -0.25) is 9.97 Å². The van der Waals surface area contributed by atoms with E-state index in [1.165, 1.54) is 6.42 Å². The molecule has 0 spiro atoms. The lowest BCUT2D eigenvalue weighted by Crippen LogP contribution is -2.42. The van der Waals surface area contributed by atoms with Crippen molar-refractivity contribution in [2.45, 2.75) is 70.1 Å². The third kappa shape index (κ3) is 8.72. The quantitative estimate of drug-likeness (QED) is 0.119. The molecule has 2 atom stereocenters. The summed E-state index contributed by atoms with van der Waals surface area (Å²) in [7, 11) is 0. The molecule has 0 bridgehead atoms. The molecular weight excluding hydrogens is 804 g/mol. The largest absolute Gasteiger partial charge is 0.396 e. The molecular formula is C37H44Br2N12O2. The lowest BCUT2D eigenvalue weighted by molar-refractivity contribution is 0.239. The van der Waals surface area contributed by atoms with Crippen molar-refractivity contribution in [3.63, 3.8) is 0 Å². The van der Waals surface area contributed by atoms with Crippen LogP contribution in [0.3, 0.4) is 0 Å². The van der Waals surface area contributed by atoms with Gasteiger partial charge in [0.2, 0.25) is 0 Å². The maximum absolute atomic E-state index is 9.75. The van der Waals surface area contributed by atoms with Crippen LogP contribution >= 0.6 is 31.9 Å². The Balaban J connectivity index is 0.000000164. The van der Waals surface area contributed by atoms with E-state index in [1.54, 1.807) is 29.3 Å². The SMILES string of the molecule is OCC1CCCCN1c1cc(NCc2cccnc2)n2ncc(Br)c2n1.OCCC1CCCCN1c1cc(NCc2cccnc2)n2ncc(Br)c2n1. The maximum atomic E-state index is 9.75. The van der Waals surface area contributed by atoms with E-state index < -0.39 is 0 Å². The lowest BCUT2D eigenvalue weighted by Gasteiger charge is -2.36. The summed E-state index contributed by atoms with van der Waals surface area (Å²) in [6.45, 7) is 3.51. The van der Waals surface area contributed by atoms with E-state index in [9.17, 15) is 10.2 Å². The zero-order valence-electron chi connectivity index (χ0n) is 29.4. The van der Waals surface area contributed by atoms with Crippen molar-refractivity contribution in [1.82, 2.24) is 39.2 Å². The Labute approximate surface area is 325 Å². The molecule has 0 aliphatic carbocycles. The van der Waals surface area contributed by atoms with Crippen LogP contribution in [0.15, 0.2) is 82.5 Å². The Morgan fingerprint density at radius 3 is 1.66 bits per heavy atom. The molecule has 6 aromatic heterocycles. The molecule has 6 aromatic rings. The van der Waals surface area contributed by atoms with Crippen molar-refractivity contribution in [2.75, 3.05) is 46.7 Å². The van der Waals surface area contributed by atoms with E-state index in [4.69, 9.17) is 9.97 Å². The van der Waals surface area contributed by atoms with Gasteiger partial charge in [0.05, 0.1) is 34.0 Å². The second kappa shape index (κ2) is 17.6. The topological polar surface area (TPSA) is 157 Å². The van der Waals surface area contributed by atoms with E-state index in [2.05, 4.69) is 78.5 Å². The number of hydrogen-bond acceptors (Lipinski definition) is 12. The third-order valence-corrected chi connectivity index (χ3v) is 10.9. The molecule has 14 nitrogen and oxygen atoms in total. The van der Waals surface area contributed by atoms with Crippen LogP contribution in [0, 0.1) is 0 Å². The van der Waals surface area contributed by atoms with Crippen LogP contribution in [0.1, 0.15) is 56.1 Å². The van der Waals surface area contributed by atoms with Crippen LogP contribution in [-0.2, 0) is 13.1 Å². The third-order valence-electron chi connectivity index (χ3n) is 9.74. The Hall–Kier alpha value is -4.38. The number of aliphatic hydroxyl groups excluding tert-OH is 2. The van der Waals surface area contributed by atoms with Crippen LogP contribution in [0.25, 0.3) is 11.3 Å². The number of pyridine rings is 2. The van der Waals surface area contributed by atoms with Gasteiger partial charge in [-0.2, -0.15) is 19.2 Å². The summed E-state index contributed by atoms with van der Waals surface area (Å²) in [6.07, 6.45) is 18.2. The molecule has 8 rings (SSSR count). The van der Waals surface area contributed by atoms with Gasteiger partial charge in [0.15, 0.2) is 11.3 Å². The molecule has 2 saturated heterocycles. The van der Waals surface area contributed by atoms with Crippen molar-refractivity contribution in [3.05, 3.63) is 93.7 Å². The number of aliphatic hydroxyl groups is 2. The van der Waals surface area contributed by atoms with E-state index >= 15 is 0 Å². The predicted octanol–water partition coefficient (Wildman–Crippen LogP) is 6.09. The Bertz CT molecular complexity index is 2080. The first-order chi connectivity index (χ1) is 26.0. The highest BCUT2D eigenvalue weighted by Crippen LogP contribution is 2.31. The molecule has 2 aliphatic rings. The number of halogens is 2. The average Bonchev–Trinajstić information content (AvgIpc) is 3.78. The molecule has 0 saturated carbocycles. The fourth-order valence-electron chi connectivity index (χ4n) is 7.03. The first-order valence-corrected chi connectivity index (χ1v) is 19.7. The van der Waals surface area contributed by atoms with Gasteiger partial charge in [-0.25, -0.2) is 9.97 Å². The Morgan fingerprint density at radius 2 is 1.19 bits per heavy atom. The number of hydrogen-bond donors (Lipinski definition) is 4. The highest BCUT2D eigenvalue weighted by atomic mass is 79.9. The summed E-state index contributed by atoms with van der Waals surface area (Å²) in [5, 5.41) is 35.0. The zero-order valence-corrected chi connectivity index (χ0v) is 32.6. The van der Waals surface area contributed by atoms with Crippen LogP contribution in [0.4, 0.5) is 23.3 Å². The average molecular weight is 849 g/mol. The van der Waals surface area contributed by atoms with Gasteiger partial charge in [-0.1, -0.05) is 12.1 Å². The molecule has 0 amide bonds. The normalized spacial score (nSPS) is 17.5. The van der Waals surface area contributed by atoms with E-state index in [-0.39, 0.29) is 19.3 Å². The number of nitrogens with zero attached hydrogens (tertiary/aromatic N) is 10. The van der Waals surface area contributed by atoms with Gasteiger partial charge in [0, 0.05) is 75.7 Å². The minimum Gasteiger partial charge on any atom is -0.396 e. The molecule has 8 heterocycles. The number of nitrogens with one attached hydrogen (secondary N) is 2. The standard InChI is InChI=1S/C19H23BrN6O.C18H21BrN6O/c20-16-13-23-26-17(22-12-14-4-3-7-21-11-14)10-18(24-19(16)26)25-8-2-1-5-15(25)6-9-27;19-15-11-22-25-16(21-10-13-4-3-6-20-9-13)8-17(23-18(15)25)24-7-2-1-5-14(24)12-26/h3-4,7,10-11,13,15,22,27H,1-2,5-6,8-9,12H2;3-4,6,8-9,11,14,21,26H,1-2,5,7,10,12H2. The highest BCUT2D eigenvalue weighted by Gasteiger charge is 2.26. The molecule has 4 N–H and O–H groups in total. The predicted molar refractivity (Wildman–Crippen MR) is 213 cm³/mol.